The third kappa shape index (κ3) is 3.87. The van der Waals surface area contributed by atoms with Crippen molar-refractivity contribution in [2.75, 3.05) is 13.7 Å². The molecule has 0 aromatic heterocycles. The van der Waals surface area contributed by atoms with E-state index in [2.05, 4.69) is 12.2 Å². The molecule has 1 saturated carbocycles. The molecular weight excluding hydrogens is 274 g/mol. The number of benzene rings is 1. The van der Waals surface area contributed by atoms with Crippen LogP contribution in [0, 0.1) is 5.92 Å². The first-order chi connectivity index (χ1) is 9.54. The molecule has 1 aliphatic carbocycles. The first-order valence-corrected chi connectivity index (χ1v) is 7.66. The summed E-state index contributed by atoms with van der Waals surface area (Å²) in [5.74, 6) is 1.39. The Morgan fingerprint density at radius 2 is 2.30 bits per heavy atom. The summed E-state index contributed by atoms with van der Waals surface area (Å²) in [6, 6.07) is 5.64. The van der Waals surface area contributed by atoms with Crippen molar-refractivity contribution >= 4 is 11.6 Å². The highest BCUT2D eigenvalue weighted by Gasteiger charge is 2.32. The van der Waals surface area contributed by atoms with Crippen molar-refractivity contribution in [2.45, 2.75) is 44.8 Å². The largest absolute Gasteiger partial charge is 0.496 e. The fourth-order valence-electron chi connectivity index (χ4n) is 3.11. The molecular formula is C16H24ClNO2. The zero-order valence-corrected chi connectivity index (χ0v) is 13.0. The smallest absolute Gasteiger partial charge is 0.124 e. The lowest BCUT2D eigenvalue weighted by Gasteiger charge is -2.35. The number of aliphatic hydroxyl groups is 1. The van der Waals surface area contributed by atoms with E-state index in [1.54, 1.807) is 7.11 Å². The van der Waals surface area contributed by atoms with Gasteiger partial charge in [-0.25, -0.2) is 0 Å². The number of rotatable bonds is 5. The van der Waals surface area contributed by atoms with Crippen molar-refractivity contribution in [1.29, 1.82) is 0 Å². The predicted molar refractivity (Wildman–Crippen MR) is 82.3 cm³/mol. The quantitative estimate of drug-likeness (QED) is 0.875. The van der Waals surface area contributed by atoms with Crippen LogP contribution in [-0.4, -0.2) is 24.4 Å². The van der Waals surface area contributed by atoms with Gasteiger partial charge in [-0.15, -0.1) is 0 Å². The van der Waals surface area contributed by atoms with Crippen LogP contribution in [-0.2, 0) is 6.54 Å². The molecule has 0 aliphatic heterocycles. The van der Waals surface area contributed by atoms with Crippen LogP contribution >= 0.6 is 11.6 Å². The predicted octanol–water partition coefficient (Wildman–Crippen LogP) is 3.38. The standard InChI is InChI=1S/C16H24ClNO2/c1-12-5-4-8-16(19,9-12)11-18-10-13-14(17)6-3-7-15(13)20-2/h3,6-7,12,18-19H,4-5,8-11H2,1-2H3. The Labute approximate surface area is 126 Å². The second kappa shape index (κ2) is 6.79. The van der Waals surface area contributed by atoms with Gasteiger partial charge in [0.05, 0.1) is 12.7 Å². The van der Waals surface area contributed by atoms with Crippen LogP contribution in [0.3, 0.4) is 0 Å². The second-order valence-electron chi connectivity index (χ2n) is 5.95. The number of methoxy groups -OCH3 is 1. The number of hydrogen-bond acceptors (Lipinski definition) is 3. The molecule has 1 aromatic carbocycles. The molecule has 0 bridgehead atoms. The minimum Gasteiger partial charge on any atom is -0.496 e. The third-order valence-electron chi connectivity index (χ3n) is 4.12. The average molecular weight is 298 g/mol. The summed E-state index contributed by atoms with van der Waals surface area (Å²) < 4.78 is 5.32. The zero-order chi connectivity index (χ0) is 14.6. The minimum atomic E-state index is -0.577. The van der Waals surface area contributed by atoms with Crippen molar-refractivity contribution in [3.05, 3.63) is 28.8 Å². The van der Waals surface area contributed by atoms with Crippen LogP contribution in [0.1, 0.15) is 38.2 Å². The van der Waals surface area contributed by atoms with Crippen molar-refractivity contribution in [3.63, 3.8) is 0 Å². The van der Waals surface area contributed by atoms with Gasteiger partial charge in [-0.1, -0.05) is 37.4 Å². The molecule has 4 heteroatoms. The lowest BCUT2D eigenvalue weighted by Crippen LogP contribution is -2.43. The van der Waals surface area contributed by atoms with E-state index >= 15 is 0 Å². The van der Waals surface area contributed by atoms with E-state index in [9.17, 15) is 5.11 Å². The maximum absolute atomic E-state index is 10.6. The molecule has 1 aliphatic rings. The summed E-state index contributed by atoms with van der Waals surface area (Å²) in [5, 5.41) is 14.6. The highest BCUT2D eigenvalue weighted by molar-refractivity contribution is 6.31. The molecule has 20 heavy (non-hydrogen) atoms. The van der Waals surface area contributed by atoms with E-state index in [1.807, 2.05) is 18.2 Å². The molecule has 0 spiro atoms. The normalized spacial score (nSPS) is 26.5. The number of halogens is 1. The van der Waals surface area contributed by atoms with E-state index in [0.29, 0.717) is 24.0 Å². The molecule has 2 unspecified atom stereocenters. The van der Waals surface area contributed by atoms with Crippen molar-refractivity contribution < 1.29 is 9.84 Å². The summed E-state index contributed by atoms with van der Waals surface area (Å²) in [5.41, 5.74) is 0.371. The van der Waals surface area contributed by atoms with Gasteiger partial charge in [-0.3, -0.25) is 0 Å². The van der Waals surface area contributed by atoms with Crippen LogP contribution in [0.2, 0.25) is 5.02 Å². The summed E-state index contributed by atoms with van der Waals surface area (Å²) in [6.45, 7) is 3.42. The van der Waals surface area contributed by atoms with Crippen molar-refractivity contribution in [2.24, 2.45) is 5.92 Å². The van der Waals surface area contributed by atoms with E-state index in [1.165, 1.54) is 6.42 Å². The van der Waals surface area contributed by atoms with Gasteiger partial charge in [0.2, 0.25) is 0 Å². The lowest BCUT2D eigenvalue weighted by atomic mass is 9.79. The van der Waals surface area contributed by atoms with Crippen LogP contribution in [0.5, 0.6) is 5.75 Å². The Balaban J connectivity index is 1.93. The molecule has 3 nitrogen and oxygen atoms in total. The topological polar surface area (TPSA) is 41.5 Å². The zero-order valence-electron chi connectivity index (χ0n) is 12.3. The van der Waals surface area contributed by atoms with Crippen LogP contribution in [0.15, 0.2) is 18.2 Å². The van der Waals surface area contributed by atoms with Crippen molar-refractivity contribution in [3.8, 4) is 5.75 Å². The van der Waals surface area contributed by atoms with E-state index < -0.39 is 5.60 Å². The maximum Gasteiger partial charge on any atom is 0.124 e. The van der Waals surface area contributed by atoms with Gasteiger partial charge in [-0.05, 0) is 30.9 Å². The van der Waals surface area contributed by atoms with Gasteiger partial charge in [-0.2, -0.15) is 0 Å². The number of ether oxygens (including phenoxy) is 1. The molecule has 112 valence electrons. The van der Waals surface area contributed by atoms with E-state index in [0.717, 1.165) is 30.6 Å². The highest BCUT2D eigenvalue weighted by atomic mass is 35.5. The molecule has 1 aromatic rings. The first kappa shape index (κ1) is 15.6. The Kier molecular flexibility index (Phi) is 5.30. The summed E-state index contributed by atoms with van der Waals surface area (Å²) in [4.78, 5) is 0. The monoisotopic (exact) mass is 297 g/mol. The number of hydrogen-bond donors (Lipinski definition) is 2. The van der Waals surface area contributed by atoms with Gasteiger partial charge in [0.15, 0.2) is 0 Å². The molecule has 0 heterocycles. The SMILES string of the molecule is COc1cccc(Cl)c1CNCC1(O)CCCC(C)C1. The first-order valence-electron chi connectivity index (χ1n) is 7.28. The number of nitrogens with one attached hydrogen (secondary N) is 1. The van der Waals surface area contributed by atoms with Crippen LogP contribution in [0.25, 0.3) is 0 Å². The summed E-state index contributed by atoms with van der Waals surface area (Å²) in [7, 11) is 1.64. The van der Waals surface area contributed by atoms with Gasteiger partial charge in [0.1, 0.15) is 5.75 Å². The van der Waals surface area contributed by atoms with Gasteiger partial charge < -0.3 is 15.2 Å². The molecule has 2 N–H and O–H groups in total. The highest BCUT2D eigenvalue weighted by Crippen LogP contribution is 2.32. The van der Waals surface area contributed by atoms with Crippen LogP contribution in [0.4, 0.5) is 0 Å². The van der Waals surface area contributed by atoms with E-state index in [-0.39, 0.29) is 0 Å². The summed E-state index contributed by atoms with van der Waals surface area (Å²) in [6.07, 6.45) is 4.08. The van der Waals surface area contributed by atoms with Crippen LogP contribution < -0.4 is 10.1 Å². The summed E-state index contributed by atoms with van der Waals surface area (Å²) >= 11 is 6.21. The minimum absolute atomic E-state index is 0.577. The van der Waals surface area contributed by atoms with Crippen molar-refractivity contribution in [1.82, 2.24) is 5.32 Å². The lowest BCUT2D eigenvalue weighted by molar-refractivity contribution is -0.0119. The fourth-order valence-corrected chi connectivity index (χ4v) is 3.35. The second-order valence-corrected chi connectivity index (χ2v) is 6.36. The van der Waals surface area contributed by atoms with Gasteiger partial charge >= 0.3 is 0 Å². The fraction of sp³-hybridized carbons (Fsp3) is 0.625. The molecule has 2 atom stereocenters. The van der Waals surface area contributed by atoms with Gasteiger partial charge in [0, 0.05) is 23.7 Å². The van der Waals surface area contributed by atoms with Gasteiger partial charge in [0.25, 0.3) is 0 Å². The molecule has 2 rings (SSSR count). The third-order valence-corrected chi connectivity index (χ3v) is 4.47. The molecule has 0 amide bonds. The molecule has 0 radical (unpaired) electrons. The molecule has 0 saturated heterocycles. The van der Waals surface area contributed by atoms with E-state index in [4.69, 9.17) is 16.3 Å². The molecule has 1 fully saturated rings. The Bertz CT molecular complexity index is 452. The maximum atomic E-state index is 10.6. The Morgan fingerprint density at radius 1 is 1.50 bits per heavy atom. The Hall–Kier alpha value is -0.770. The Morgan fingerprint density at radius 3 is 3.00 bits per heavy atom. The average Bonchev–Trinajstić information content (AvgIpc) is 2.40.